The molecule has 1 aromatic carbocycles. The summed E-state index contributed by atoms with van der Waals surface area (Å²) in [4.78, 5) is 16.2. The van der Waals surface area contributed by atoms with Crippen molar-refractivity contribution in [2.45, 2.75) is 4.90 Å². The molecular formula is C11H9NO2S. The number of carbonyl (C=O) groups is 1. The number of aromatic nitrogens is 1. The fourth-order valence-corrected chi connectivity index (χ4v) is 1.65. The van der Waals surface area contributed by atoms with Gasteiger partial charge in [0.2, 0.25) is 0 Å². The van der Waals surface area contributed by atoms with E-state index in [1.807, 2.05) is 18.2 Å². The van der Waals surface area contributed by atoms with E-state index in [9.17, 15) is 4.79 Å². The number of fused-ring (bicyclic) bond motifs is 1. The van der Waals surface area contributed by atoms with Gasteiger partial charge in [0.1, 0.15) is 0 Å². The van der Waals surface area contributed by atoms with Gasteiger partial charge in [0.25, 0.3) is 0 Å². The van der Waals surface area contributed by atoms with Crippen molar-refractivity contribution in [1.82, 2.24) is 4.98 Å². The molecule has 1 aromatic heterocycles. The van der Waals surface area contributed by atoms with Crippen LogP contribution in [0.3, 0.4) is 0 Å². The molecule has 0 bridgehead atoms. The molecule has 0 aliphatic heterocycles. The van der Waals surface area contributed by atoms with Gasteiger partial charge in [-0.15, -0.1) is 12.6 Å². The van der Waals surface area contributed by atoms with Crippen LogP contribution in [0.25, 0.3) is 10.9 Å². The lowest BCUT2D eigenvalue weighted by Crippen LogP contribution is -2.01. The molecule has 0 saturated heterocycles. The van der Waals surface area contributed by atoms with Crippen LogP contribution in [0.2, 0.25) is 0 Å². The Morgan fingerprint density at radius 2 is 2.27 bits per heavy atom. The Labute approximate surface area is 92.5 Å². The van der Waals surface area contributed by atoms with Crippen LogP contribution < -0.4 is 0 Å². The number of thiol groups is 1. The van der Waals surface area contributed by atoms with Crippen LogP contribution >= 0.6 is 12.6 Å². The number of esters is 1. The first kappa shape index (κ1) is 9.98. The molecule has 0 radical (unpaired) electrons. The topological polar surface area (TPSA) is 39.2 Å². The van der Waals surface area contributed by atoms with E-state index in [-0.39, 0.29) is 5.97 Å². The van der Waals surface area contributed by atoms with E-state index < -0.39 is 0 Å². The number of pyridine rings is 1. The molecule has 0 atom stereocenters. The predicted molar refractivity (Wildman–Crippen MR) is 60.3 cm³/mol. The Balaban J connectivity index is 2.62. The van der Waals surface area contributed by atoms with Gasteiger partial charge in [0, 0.05) is 16.5 Å². The van der Waals surface area contributed by atoms with E-state index in [4.69, 9.17) is 0 Å². The first-order valence-electron chi connectivity index (χ1n) is 4.38. The molecule has 2 aromatic rings. The maximum absolute atomic E-state index is 11.3. The number of rotatable bonds is 1. The summed E-state index contributed by atoms with van der Waals surface area (Å²) < 4.78 is 4.62. The molecule has 0 fully saturated rings. The first-order valence-corrected chi connectivity index (χ1v) is 4.83. The van der Waals surface area contributed by atoms with Gasteiger partial charge in [-0.25, -0.2) is 4.79 Å². The number of hydrogen-bond acceptors (Lipinski definition) is 4. The highest BCUT2D eigenvalue weighted by Gasteiger charge is 2.07. The number of para-hydroxylation sites is 1. The normalized spacial score (nSPS) is 10.3. The maximum Gasteiger partial charge on any atom is 0.339 e. The third-order valence-electron chi connectivity index (χ3n) is 2.11. The average Bonchev–Trinajstić information content (AvgIpc) is 2.28. The molecule has 4 heteroatoms. The number of methoxy groups -OCH3 is 1. The Morgan fingerprint density at radius 1 is 1.47 bits per heavy atom. The van der Waals surface area contributed by atoms with Crippen molar-refractivity contribution in [2.75, 3.05) is 7.11 Å². The second-order valence-electron chi connectivity index (χ2n) is 3.06. The highest BCUT2D eigenvalue weighted by atomic mass is 32.1. The molecular weight excluding hydrogens is 210 g/mol. The van der Waals surface area contributed by atoms with Crippen molar-refractivity contribution in [3.05, 3.63) is 36.0 Å². The first-order chi connectivity index (χ1) is 7.22. The minimum Gasteiger partial charge on any atom is -0.465 e. The minimum absolute atomic E-state index is 0.381. The number of hydrogen-bond donors (Lipinski definition) is 1. The predicted octanol–water partition coefficient (Wildman–Crippen LogP) is 2.31. The number of ether oxygens (including phenoxy) is 1. The molecule has 2 rings (SSSR count). The van der Waals surface area contributed by atoms with Crippen LogP contribution in [0.4, 0.5) is 0 Å². The zero-order valence-corrected chi connectivity index (χ0v) is 8.99. The maximum atomic E-state index is 11.3. The summed E-state index contributed by atoms with van der Waals surface area (Å²) in [6.07, 6.45) is 1.49. The molecule has 15 heavy (non-hydrogen) atoms. The molecule has 0 saturated carbocycles. The monoisotopic (exact) mass is 219 g/mol. The van der Waals surface area contributed by atoms with Crippen molar-refractivity contribution < 1.29 is 9.53 Å². The zero-order valence-electron chi connectivity index (χ0n) is 8.10. The van der Waals surface area contributed by atoms with Gasteiger partial charge in [-0.1, -0.05) is 12.1 Å². The van der Waals surface area contributed by atoms with Crippen molar-refractivity contribution in [3.63, 3.8) is 0 Å². The highest BCUT2D eigenvalue weighted by Crippen LogP contribution is 2.20. The van der Waals surface area contributed by atoms with Crippen LogP contribution in [0, 0.1) is 0 Å². The molecule has 3 nitrogen and oxygen atoms in total. The second-order valence-corrected chi connectivity index (χ2v) is 3.55. The van der Waals surface area contributed by atoms with E-state index in [0.29, 0.717) is 5.56 Å². The van der Waals surface area contributed by atoms with Crippen molar-refractivity contribution in [1.29, 1.82) is 0 Å². The van der Waals surface area contributed by atoms with E-state index >= 15 is 0 Å². The fourth-order valence-electron chi connectivity index (χ4n) is 1.37. The highest BCUT2D eigenvalue weighted by molar-refractivity contribution is 7.80. The SMILES string of the molecule is COC(=O)c1cnc2c(S)cccc2c1. The second kappa shape index (κ2) is 3.90. The fraction of sp³-hybridized carbons (Fsp3) is 0.0909. The van der Waals surface area contributed by atoms with Gasteiger partial charge in [0.05, 0.1) is 18.2 Å². The Morgan fingerprint density at radius 3 is 3.00 bits per heavy atom. The van der Waals surface area contributed by atoms with Crippen LogP contribution in [0.5, 0.6) is 0 Å². The quantitative estimate of drug-likeness (QED) is 0.591. The molecule has 0 spiro atoms. The van der Waals surface area contributed by atoms with Gasteiger partial charge >= 0.3 is 5.97 Å². The van der Waals surface area contributed by atoms with Gasteiger partial charge < -0.3 is 4.74 Å². The van der Waals surface area contributed by atoms with Crippen LogP contribution in [-0.4, -0.2) is 18.1 Å². The van der Waals surface area contributed by atoms with Crippen molar-refractivity contribution >= 4 is 29.5 Å². The summed E-state index contributed by atoms with van der Waals surface area (Å²) in [5.41, 5.74) is 1.23. The summed E-state index contributed by atoms with van der Waals surface area (Å²) in [7, 11) is 1.35. The standard InChI is InChI=1S/C11H9NO2S/c1-14-11(13)8-5-7-3-2-4-9(15)10(7)12-6-8/h2-6,15H,1H3. The Hall–Kier alpha value is -1.55. The molecule has 0 amide bonds. The lowest BCUT2D eigenvalue weighted by Gasteiger charge is -2.02. The number of benzene rings is 1. The molecule has 0 aliphatic carbocycles. The van der Waals surface area contributed by atoms with E-state index in [0.717, 1.165) is 15.8 Å². The van der Waals surface area contributed by atoms with Crippen molar-refractivity contribution in [2.24, 2.45) is 0 Å². The summed E-state index contributed by atoms with van der Waals surface area (Å²) in [6.45, 7) is 0. The van der Waals surface area contributed by atoms with E-state index in [1.54, 1.807) is 6.07 Å². The Kier molecular flexibility index (Phi) is 2.60. The average molecular weight is 219 g/mol. The van der Waals surface area contributed by atoms with Crippen molar-refractivity contribution in [3.8, 4) is 0 Å². The molecule has 1 heterocycles. The zero-order chi connectivity index (χ0) is 10.8. The van der Waals surface area contributed by atoms with E-state index in [2.05, 4.69) is 22.3 Å². The molecule has 76 valence electrons. The summed E-state index contributed by atoms with van der Waals surface area (Å²) >= 11 is 4.28. The Bertz CT molecular complexity index is 525. The third-order valence-corrected chi connectivity index (χ3v) is 2.47. The number of carbonyl (C=O) groups excluding carboxylic acids is 1. The number of nitrogens with zero attached hydrogens (tertiary/aromatic N) is 1. The smallest absolute Gasteiger partial charge is 0.339 e. The van der Waals surface area contributed by atoms with Crippen LogP contribution in [0.15, 0.2) is 35.4 Å². The summed E-state index contributed by atoms with van der Waals surface area (Å²) in [5, 5.41) is 0.880. The third kappa shape index (κ3) is 1.80. The lowest BCUT2D eigenvalue weighted by molar-refractivity contribution is 0.0600. The summed E-state index contributed by atoms with van der Waals surface area (Å²) in [6, 6.07) is 7.35. The lowest BCUT2D eigenvalue weighted by atomic mass is 10.1. The van der Waals surface area contributed by atoms with Gasteiger partial charge in [0.15, 0.2) is 0 Å². The van der Waals surface area contributed by atoms with Gasteiger partial charge in [-0.3, -0.25) is 4.98 Å². The summed E-state index contributed by atoms with van der Waals surface area (Å²) in [5.74, 6) is -0.381. The van der Waals surface area contributed by atoms with Gasteiger partial charge in [-0.05, 0) is 12.1 Å². The van der Waals surface area contributed by atoms with Crippen LogP contribution in [-0.2, 0) is 4.74 Å². The minimum atomic E-state index is -0.381. The molecule has 0 aliphatic rings. The molecule has 0 N–H and O–H groups in total. The molecule has 0 unspecified atom stereocenters. The van der Waals surface area contributed by atoms with Gasteiger partial charge in [-0.2, -0.15) is 0 Å². The van der Waals surface area contributed by atoms with E-state index in [1.165, 1.54) is 13.3 Å². The largest absolute Gasteiger partial charge is 0.465 e. The van der Waals surface area contributed by atoms with Crippen LogP contribution in [0.1, 0.15) is 10.4 Å².